The SMILES string of the molecule is CCC(C#N)(CC)C(=O)NC(C)c1ccc(OC)cc1. The van der Waals surface area contributed by atoms with Gasteiger partial charge in [-0.1, -0.05) is 26.0 Å². The zero-order chi connectivity index (χ0) is 15.2. The van der Waals surface area contributed by atoms with Gasteiger partial charge in [0.25, 0.3) is 0 Å². The smallest absolute Gasteiger partial charge is 0.240 e. The van der Waals surface area contributed by atoms with Gasteiger partial charge in [-0.15, -0.1) is 0 Å². The van der Waals surface area contributed by atoms with Crippen LogP contribution in [0.1, 0.15) is 45.2 Å². The quantitative estimate of drug-likeness (QED) is 0.866. The van der Waals surface area contributed by atoms with Crippen molar-refractivity contribution in [2.75, 3.05) is 7.11 Å². The van der Waals surface area contributed by atoms with Crippen molar-refractivity contribution in [2.45, 2.75) is 39.7 Å². The molecule has 1 N–H and O–H groups in total. The van der Waals surface area contributed by atoms with Crippen molar-refractivity contribution in [1.29, 1.82) is 5.26 Å². The summed E-state index contributed by atoms with van der Waals surface area (Å²) in [5.74, 6) is 0.578. The number of ether oxygens (including phenoxy) is 1. The van der Waals surface area contributed by atoms with Crippen LogP contribution in [0.5, 0.6) is 5.75 Å². The summed E-state index contributed by atoms with van der Waals surface area (Å²) in [6.45, 7) is 5.64. The Morgan fingerprint density at radius 1 is 1.35 bits per heavy atom. The summed E-state index contributed by atoms with van der Waals surface area (Å²) in [5.41, 5.74) is 0.0546. The van der Waals surface area contributed by atoms with Gasteiger partial charge in [0.2, 0.25) is 5.91 Å². The zero-order valence-electron chi connectivity index (χ0n) is 12.6. The zero-order valence-corrected chi connectivity index (χ0v) is 12.6. The third-order valence-corrected chi connectivity index (χ3v) is 3.82. The van der Waals surface area contributed by atoms with Crippen LogP contribution in [0.3, 0.4) is 0 Å². The first-order valence-electron chi connectivity index (χ1n) is 6.89. The lowest BCUT2D eigenvalue weighted by atomic mass is 9.82. The van der Waals surface area contributed by atoms with Gasteiger partial charge in [-0.05, 0) is 37.5 Å². The van der Waals surface area contributed by atoms with Crippen LogP contribution in [-0.2, 0) is 4.79 Å². The molecular weight excluding hydrogens is 252 g/mol. The van der Waals surface area contributed by atoms with Gasteiger partial charge in [0.05, 0.1) is 19.2 Å². The molecule has 0 saturated carbocycles. The molecule has 1 atom stereocenters. The van der Waals surface area contributed by atoms with Gasteiger partial charge in [-0.3, -0.25) is 4.79 Å². The number of amides is 1. The van der Waals surface area contributed by atoms with Gasteiger partial charge in [-0.2, -0.15) is 5.26 Å². The molecule has 0 spiro atoms. The van der Waals surface area contributed by atoms with E-state index in [2.05, 4.69) is 11.4 Å². The molecule has 108 valence electrons. The Hall–Kier alpha value is -2.02. The molecule has 1 amide bonds. The van der Waals surface area contributed by atoms with Crippen LogP contribution in [0.2, 0.25) is 0 Å². The summed E-state index contributed by atoms with van der Waals surface area (Å²) < 4.78 is 5.11. The number of carbonyl (C=O) groups is 1. The fraction of sp³-hybridized carbons (Fsp3) is 0.500. The first-order chi connectivity index (χ1) is 9.52. The van der Waals surface area contributed by atoms with E-state index in [0.717, 1.165) is 11.3 Å². The number of hydrogen-bond donors (Lipinski definition) is 1. The molecule has 4 nitrogen and oxygen atoms in total. The third-order valence-electron chi connectivity index (χ3n) is 3.82. The largest absolute Gasteiger partial charge is 0.497 e. The number of benzene rings is 1. The predicted molar refractivity (Wildman–Crippen MR) is 78.2 cm³/mol. The topological polar surface area (TPSA) is 62.1 Å². The Kier molecular flexibility index (Phi) is 5.57. The van der Waals surface area contributed by atoms with Crippen LogP contribution in [0.25, 0.3) is 0 Å². The van der Waals surface area contributed by atoms with E-state index >= 15 is 0 Å². The van der Waals surface area contributed by atoms with E-state index in [1.165, 1.54) is 0 Å². The highest BCUT2D eigenvalue weighted by Crippen LogP contribution is 2.27. The number of carbonyl (C=O) groups excluding carboxylic acids is 1. The maximum absolute atomic E-state index is 12.3. The minimum atomic E-state index is -0.930. The lowest BCUT2D eigenvalue weighted by molar-refractivity contribution is -0.129. The van der Waals surface area contributed by atoms with Crippen molar-refractivity contribution in [1.82, 2.24) is 5.32 Å². The van der Waals surface area contributed by atoms with Crippen molar-refractivity contribution < 1.29 is 9.53 Å². The highest BCUT2D eigenvalue weighted by Gasteiger charge is 2.35. The molecule has 1 unspecified atom stereocenters. The first kappa shape index (κ1) is 16.0. The molecule has 4 heteroatoms. The van der Waals surface area contributed by atoms with Crippen molar-refractivity contribution >= 4 is 5.91 Å². The van der Waals surface area contributed by atoms with Crippen molar-refractivity contribution in [2.24, 2.45) is 5.41 Å². The monoisotopic (exact) mass is 274 g/mol. The normalized spacial score (nSPS) is 12.3. The summed E-state index contributed by atoms with van der Waals surface area (Å²) in [6, 6.07) is 9.56. The van der Waals surface area contributed by atoms with Crippen molar-refractivity contribution in [3.05, 3.63) is 29.8 Å². The maximum Gasteiger partial charge on any atom is 0.240 e. The summed E-state index contributed by atoms with van der Waals surface area (Å²) in [6.07, 6.45) is 1.03. The molecule has 20 heavy (non-hydrogen) atoms. The van der Waals surface area contributed by atoms with E-state index in [1.54, 1.807) is 7.11 Å². The highest BCUT2D eigenvalue weighted by molar-refractivity contribution is 5.85. The minimum absolute atomic E-state index is 0.140. The third kappa shape index (κ3) is 3.30. The number of nitrogens with zero attached hydrogens (tertiary/aromatic N) is 1. The summed E-state index contributed by atoms with van der Waals surface area (Å²) in [7, 11) is 1.62. The fourth-order valence-corrected chi connectivity index (χ4v) is 2.09. The van der Waals surface area contributed by atoms with Gasteiger partial charge >= 0.3 is 0 Å². The van der Waals surface area contributed by atoms with Crippen LogP contribution in [0, 0.1) is 16.7 Å². The Labute approximate surface area is 120 Å². The number of methoxy groups -OCH3 is 1. The molecule has 0 aromatic heterocycles. The second kappa shape index (κ2) is 6.95. The molecule has 0 fully saturated rings. The molecule has 1 aromatic rings. The van der Waals surface area contributed by atoms with Gasteiger partial charge in [0, 0.05) is 0 Å². The molecule has 0 aliphatic heterocycles. The van der Waals surface area contributed by atoms with E-state index in [-0.39, 0.29) is 11.9 Å². The standard InChI is InChI=1S/C16H22N2O2/c1-5-16(6-2,11-17)15(19)18-12(3)13-7-9-14(20-4)10-8-13/h7-10,12H,5-6H2,1-4H3,(H,18,19). The average Bonchev–Trinajstić information content (AvgIpc) is 2.49. The van der Waals surface area contributed by atoms with E-state index in [1.807, 2.05) is 45.0 Å². The lowest BCUT2D eigenvalue weighted by Crippen LogP contribution is -2.40. The number of nitriles is 1. The summed E-state index contributed by atoms with van der Waals surface area (Å²) >= 11 is 0. The van der Waals surface area contributed by atoms with Crippen LogP contribution >= 0.6 is 0 Å². The van der Waals surface area contributed by atoms with E-state index < -0.39 is 5.41 Å². The Balaban J connectivity index is 2.81. The first-order valence-corrected chi connectivity index (χ1v) is 6.89. The van der Waals surface area contributed by atoms with Gasteiger partial charge < -0.3 is 10.1 Å². The molecule has 0 radical (unpaired) electrons. The number of nitrogens with one attached hydrogen (secondary N) is 1. The second-order valence-corrected chi connectivity index (χ2v) is 4.87. The number of rotatable bonds is 6. The molecule has 0 aliphatic carbocycles. The Morgan fingerprint density at radius 3 is 2.30 bits per heavy atom. The van der Waals surface area contributed by atoms with Crippen molar-refractivity contribution in [3.8, 4) is 11.8 Å². The Morgan fingerprint density at radius 2 is 1.90 bits per heavy atom. The van der Waals surface area contributed by atoms with Crippen LogP contribution in [-0.4, -0.2) is 13.0 Å². The highest BCUT2D eigenvalue weighted by atomic mass is 16.5. The van der Waals surface area contributed by atoms with E-state index in [0.29, 0.717) is 12.8 Å². The van der Waals surface area contributed by atoms with E-state index in [9.17, 15) is 10.1 Å². The minimum Gasteiger partial charge on any atom is -0.497 e. The molecular formula is C16H22N2O2. The maximum atomic E-state index is 12.3. The van der Waals surface area contributed by atoms with Gasteiger partial charge in [0.1, 0.15) is 11.2 Å². The second-order valence-electron chi connectivity index (χ2n) is 4.87. The molecule has 0 heterocycles. The molecule has 1 rings (SSSR count). The molecule has 1 aromatic carbocycles. The molecule has 0 saturated heterocycles. The van der Waals surface area contributed by atoms with Gasteiger partial charge in [0.15, 0.2) is 0 Å². The fourth-order valence-electron chi connectivity index (χ4n) is 2.09. The lowest BCUT2D eigenvalue weighted by Gasteiger charge is -2.25. The molecule has 0 aliphatic rings. The summed E-state index contributed by atoms with van der Waals surface area (Å²) in [5, 5.41) is 12.2. The van der Waals surface area contributed by atoms with E-state index in [4.69, 9.17) is 4.74 Å². The van der Waals surface area contributed by atoms with Crippen LogP contribution in [0.4, 0.5) is 0 Å². The summed E-state index contributed by atoms with van der Waals surface area (Å²) in [4.78, 5) is 12.3. The Bertz CT molecular complexity index is 484. The average molecular weight is 274 g/mol. The van der Waals surface area contributed by atoms with Crippen LogP contribution in [0.15, 0.2) is 24.3 Å². The van der Waals surface area contributed by atoms with Gasteiger partial charge in [-0.25, -0.2) is 0 Å². The predicted octanol–water partition coefficient (Wildman–Crippen LogP) is 3.20. The molecule has 0 bridgehead atoms. The van der Waals surface area contributed by atoms with Crippen molar-refractivity contribution in [3.63, 3.8) is 0 Å². The van der Waals surface area contributed by atoms with Crippen LogP contribution < -0.4 is 10.1 Å². The number of hydrogen-bond acceptors (Lipinski definition) is 3.